The number of nitrogens with zero attached hydrogens (tertiary/aromatic N) is 5. The summed E-state index contributed by atoms with van der Waals surface area (Å²) in [5.74, 6) is -2.72. The lowest BCUT2D eigenvalue weighted by molar-refractivity contribution is -0.670. The van der Waals surface area contributed by atoms with Crippen molar-refractivity contribution >= 4 is 91.0 Å². The van der Waals surface area contributed by atoms with Crippen LogP contribution in [-0.2, 0) is 41.3 Å². The van der Waals surface area contributed by atoms with E-state index in [0.29, 0.717) is 22.2 Å². The fourth-order valence-corrected chi connectivity index (χ4v) is 11.6. The Bertz CT molecular complexity index is 2730. The monoisotopic (exact) mass is 948 g/mol. The second-order valence-corrected chi connectivity index (χ2v) is 21.0. The number of aryl methyl sites for hydroxylation is 1. The summed E-state index contributed by atoms with van der Waals surface area (Å²) in [6.07, 6.45) is 3.87. The molecule has 2 atom stereocenters. The van der Waals surface area contributed by atoms with E-state index in [0.717, 1.165) is 31.2 Å². The Balaban J connectivity index is 1.09. The Hall–Kier alpha value is -6.08. The number of carboxylic acids is 1. The average Bonchev–Trinajstić information content (AvgIpc) is 3.93. The Morgan fingerprint density at radius 2 is 1.54 bits per heavy atom. The molecule has 0 spiro atoms. The van der Waals surface area contributed by atoms with Crippen LogP contribution in [0.1, 0.15) is 57.0 Å². The maximum Gasteiger partial charge on any atom is 0.353 e. The molecule has 6 aromatic rings. The summed E-state index contributed by atoms with van der Waals surface area (Å²) in [5.41, 5.74) is 0.510. The van der Waals surface area contributed by atoms with Crippen LogP contribution in [0.2, 0.25) is 0 Å². The Morgan fingerprint density at radius 3 is 2.12 bits per heavy atom. The van der Waals surface area contributed by atoms with Gasteiger partial charge in [0.25, 0.3) is 11.8 Å². The number of aliphatic carboxylic acids is 1. The highest BCUT2D eigenvalue weighted by atomic mass is 32.2. The summed E-state index contributed by atoms with van der Waals surface area (Å²) < 4.78 is 9.29. The lowest BCUT2D eigenvalue weighted by Crippen LogP contribution is -2.71. The minimum atomic E-state index is -1.64. The van der Waals surface area contributed by atoms with Crippen LogP contribution in [0.5, 0.6) is 0 Å². The zero-order chi connectivity index (χ0) is 46.1. The van der Waals surface area contributed by atoms with Crippen LogP contribution in [-0.4, -0.2) is 83.6 Å². The summed E-state index contributed by atoms with van der Waals surface area (Å²) in [6, 6.07) is 30.8. The molecule has 14 nitrogen and oxygen atoms in total. The first-order valence-electron chi connectivity index (χ1n) is 20.5. The fourth-order valence-electron chi connectivity index (χ4n) is 7.35. The molecule has 0 bridgehead atoms. The molecule has 1 fully saturated rings. The molecule has 0 aliphatic carbocycles. The van der Waals surface area contributed by atoms with Gasteiger partial charge in [-0.3, -0.25) is 14.5 Å². The van der Waals surface area contributed by atoms with Gasteiger partial charge in [-0.05, 0) is 56.9 Å². The van der Waals surface area contributed by atoms with E-state index in [9.17, 15) is 24.3 Å². The Morgan fingerprint density at radius 1 is 0.923 bits per heavy atom. The predicted octanol–water partition coefficient (Wildman–Crippen LogP) is 7.35. The molecule has 8 rings (SSSR count). The second-order valence-electron chi connectivity index (χ2n) is 16.8. The maximum atomic E-state index is 14.5. The van der Waals surface area contributed by atoms with Crippen molar-refractivity contribution in [2.24, 2.45) is 12.2 Å². The molecular formula is C47H46N7O7S4+. The van der Waals surface area contributed by atoms with Crippen molar-refractivity contribution in [2.45, 2.75) is 67.1 Å². The molecule has 334 valence electrons. The summed E-state index contributed by atoms with van der Waals surface area (Å²) in [5, 5.41) is 22.5. The van der Waals surface area contributed by atoms with Crippen LogP contribution in [0.15, 0.2) is 136 Å². The molecule has 3 N–H and O–H groups in total. The Kier molecular flexibility index (Phi) is 12.9. The van der Waals surface area contributed by atoms with Crippen molar-refractivity contribution < 1.29 is 38.4 Å². The van der Waals surface area contributed by atoms with Crippen molar-refractivity contribution in [3.8, 4) is 0 Å². The zero-order valence-electron chi connectivity index (χ0n) is 36.3. The van der Waals surface area contributed by atoms with Crippen LogP contribution in [0, 0.1) is 0 Å². The van der Waals surface area contributed by atoms with Gasteiger partial charge in [0, 0.05) is 23.0 Å². The van der Waals surface area contributed by atoms with E-state index in [1.165, 1.54) is 64.9 Å². The molecule has 2 amide bonds. The minimum Gasteiger partial charge on any atom is -0.477 e. The van der Waals surface area contributed by atoms with E-state index >= 15 is 0 Å². The lowest BCUT2D eigenvalue weighted by Gasteiger charge is -2.49. The van der Waals surface area contributed by atoms with E-state index in [1.807, 2.05) is 121 Å². The molecule has 3 aromatic carbocycles. The molecule has 2 aliphatic heterocycles. The molecule has 1 saturated heterocycles. The number of oxime groups is 1. The lowest BCUT2D eigenvalue weighted by atomic mass is 9.77. The number of thiazole rings is 2. The minimum absolute atomic E-state index is 0.102. The van der Waals surface area contributed by atoms with E-state index in [1.54, 1.807) is 26.2 Å². The van der Waals surface area contributed by atoms with Crippen molar-refractivity contribution in [3.63, 3.8) is 0 Å². The van der Waals surface area contributed by atoms with Gasteiger partial charge < -0.3 is 25.3 Å². The second kappa shape index (κ2) is 18.4. The van der Waals surface area contributed by atoms with E-state index in [-0.39, 0.29) is 17.1 Å². The van der Waals surface area contributed by atoms with E-state index in [4.69, 9.17) is 19.5 Å². The maximum absolute atomic E-state index is 14.5. The number of nitrogens with one attached hydrogen (secondary N) is 2. The predicted molar refractivity (Wildman–Crippen MR) is 254 cm³/mol. The van der Waals surface area contributed by atoms with Crippen LogP contribution in [0.25, 0.3) is 10.2 Å². The molecule has 18 heteroatoms. The first-order valence-corrected chi connectivity index (χ1v) is 24.3. The number of benzene rings is 3. The van der Waals surface area contributed by atoms with Gasteiger partial charge in [-0.25, -0.2) is 24.1 Å². The average molecular weight is 949 g/mol. The quantitative estimate of drug-likeness (QED) is 0.0178. The molecule has 65 heavy (non-hydrogen) atoms. The highest BCUT2D eigenvalue weighted by molar-refractivity contribution is 8.02. The number of carbonyl (C=O) groups excluding carboxylic acids is 3. The third-order valence-corrected chi connectivity index (χ3v) is 14.9. The van der Waals surface area contributed by atoms with Crippen LogP contribution >= 0.6 is 46.2 Å². The van der Waals surface area contributed by atoms with E-state index < -0.39 is 51.9 Å². The number of carbonyl (C=O) groups is 4. The van der Waals surface area contributed by atoms with Gasteiger partial charge >= 0.3 is 11.9 Å². The number of pyridine rings is 1. The molecule has 0 radical (unpaired) electrons. The number of hydrogen-bond donors (Lipinski definition) is 3. The summed E-state index contributed by atoms with van der Waals surface area (Å²) in [6.45, 7) is 8.13. The molecule has 3 aromatic heterocycles. The number of β-lactam (4-membered cyclic amide) rings is 1. The summed E-state index contributed by atoms with van der Waals surface area (Å²) >= 11 is 5.52. The number of rotatable bonds is 15. The van der Waals surface area contributed by atoms with Gasteiger partial charge in [0.1, 0.15) is 46.5 Å². The van der Waals surface area contributed by atoms with Crippen molar-refractivity contribution in [1.29, 1.82) is 0 Å². The van der Waals surface area contributed by atoms with Gasteiger partial charge in [-0.1, -0.05) is 108 Å². The third kappa shape index (κ3) is 9.52. The Labute approximate surface area is 392 Å². The first-order chi connectivity index (χ1) is 31.0. The van der Waals surface area contributed by atoms with Crippen molar-refractivity contribution in [1.82, 2.24) is 20.2 Å². The van der Waals surface area contributed by atoms with Gasteiger partial charge in [0.05, 0.1) is 4.70 Å². The van der Waals surface area contributed by atoms with Crippen LogP contribution in [0.3, 0.4) is 0 Å². The van der Waals surface area contributed by atoms with Crippen LogP contribution < -0.4 is 15.2 Å². The number of thioether (sulfide) groups is 2. The summed E-state index contributed by atoms with van der Waals surface area (Å²) in [4.78, 5) is 71.0. The molecular weight excluding hydrogens is 903 g/mol. The zero-order valence-corrected chi connectivity index (χ0v) is 39.6. The van der Waals surface area contributed by atoms with Gasteiger partial charge in [0.15, 0.2) is 27.6 Å². The smallest absolute Gasteiger partial charge is 0.353 e. The van der Waals surface area contributed by atoms with Gasteiger partial charge in [-0.2, -0.15) is 0 Å². The highest BCUT2D eigenvalue weighted by Crippen LogP contribution is 2.43. The normalized spacial score (nSPS) is 16.7. The first kappa shape index (κ1) is 45.5. The number of aromatic nitrogens is 3. The largest absolute Gasteiger partial charge is 0.477 e. The van der Waals surface area contributed by atoms with E-state index in [2.05, 4.69) is 15.8 Å². The van der Waals surface area contributed by atoms with Gasteiger partial charge in [0.2, 0.25) is 5.60 Å². The fraction of sp³-hybridized carbons (Fsp3) is 0.277. The number of ether oxygens (including phenoxy) is 1. The molecule has 5 heterocycles. The standard InChI is InChI=1S/C47H45N7O7S4/c1-45(2,3)60-42(59)46(4,5)61-52-35(33-27-63-43(48-33)51-47(29-16-10-7-11-17-29,30-18-12-8-13-19-30)31-20-14-9-15-21-31)38(55)50-36-39(56)54-37(41(57)58)28(25-62-40(36)54)26-64-44-49-32-24-53(6)23-22-34(32)65-44/h7-24,27,36,40H,25-26H2,1-6H3,(H2-,48,50,51,55,57,58)/p+1/t36?,40-/m0/s1. The molecule has 0 saturated carbocycles. The van der Waals surface area contributed by atoms with Crippen LogP contribution in [0.4, 0.5) is 5.13 Å². The summed E-state index contributed by atoms with van der Waals surface area (Å²) in [7, 11) is 1.92. The van der Waals surface area contributed by atoms with Crippen molar-refractivity contribution in [2.75, 3.05) is 16.8 Å². The third-order valence-electron chi connectivity index (χ3n) is 10.5. The number of fused-ring (bicyclic) bond motifs is 2. The molecule has 2 aliphatic rings. The topological polar surface area (TPSA) is 176 Å². The molecule has 1 unspecified atom stereocenters. The number of esters is 1. The SMILES string of the molecule is C[n+]1ccc2sc(SCC3=C(C(=O)O)N4C(=O)C(NC(=O)C(=NOC(C)(C)C(=O)OC(C)(C)C)c5csc(NC(c6ccccc6)(c6ccccc6)c6ccccc6)n5)[C@@H]4SC3)nc2c1. The van der Waals surface area contributed by atoms with Crippen molar-refractivity contribution in [3.05, 3.63) is 148 Å². The van der Waals surface area contributed by atoms with Gasteiger partial charge in [-0.15, -0.1) is 34.4 Å². The number of hydrogen-bond acceptors (Lipinski definition) is 14. The number of carboxylic acid groups (broad SMARTS) is 1. The number of anilines is 1. The highest BCUT2D eigenvalue weighted by Gasteiger charge is 2.54. The number of amides is 2.